The zero-order valence-electron chi connectivity index (χ0n) is 22.8. The third-order valence-corrected chi connectivity index (χ3v) is 11.2. The van der Waals surface area contributed by atoms with E-state index in [4.69, 9.17) is 9.47 Å². The van der Waals surface area contributed by atoms with E-state index in [2.05, 4.69) is 31.9 Å². The fraction of sp³-hybridized carbons (Fsp3) is 0.867. The van der Waals surface area contributed by atoms with E-state index in [-0.39, 0.29) is 23.4 Å². The maximum absolute atomic E-state index is 12.9. The van der Waals surface area contributed by atoms with Gasteiger partial charge in [0, 0.05) is 25.9 Å². The Balaban J connectivity index is 1.28. The van der Waals surface area contributed by atoms with E-state index in [1.165, 1.54) is 51.1 Å². The zero-order valence-corrected chi connectivity index (χ0v) is 22.8. The van der Waals surface area contributed by atoms with Gasteiger partial charge >= 0.3 is 11.9 Å². The Morgan fingerprint density at radius 1 is 1.11 bits per heavy atom. The molecule has 0 N–H and O–H groups in total. The molecule has 1 saturated heterocycles. The summed E-state index contributed by atoms with van der Waals surface area (Å²) >= 11 is 0. The lowest BCUT2D eigenvalue weighted by atomic mass is 9.47. The van der Waals surface area contributed by atoms with Crippen LogP contribution in [0.15, 0.2) is 11.6 Å². The molecule has 4 aliphatic carbocycles. The molecule has 35 heavy (non-hydrogen) atoms. The molecule has 0 aromatic heterocycles. The van der Waals surface area contributed by atoms with Crippen molar-refractivity contribution in [3.63, 3.8) is 0 Å². The van der Waals surface area contributed by atoms with Crippen molar-refractivity contribution in [1.29, 1.82) is 0 Å². The second-order valence-corrected chi connectivity index (χ2v) is 13.4. The standard InChI is InChI=1S/C30H47NO4/c1-18(2)15-27(34-20(4)32)28(33)35-22-11-13-29(5)21(16-22)7-8-23-25(29)12-14-30-17-31(6)19(3)24(30)9-10-26(23)30/h7,18-19,22-27H,8-17H2,1-6H3/t19-,22-,23+,24+,25-,26-,27?,29-,30-/m0/s1. The number of hydrogen-bond acceptors (Lipinski definition) is 5. The number of carbonyl (C=O) groups excluding carboxylic acids is 2. The monoisotopic (exact) mass is 485 g/mol. The predicted molar refractivity (Wildman–Crippen MR) is 136 cm³/mol. The van der Waals surface area contributed by atoms with Crippen molar-refractivity contribution in [3.8, 4) is 0 Å². The summed E-state index contributed by atoms with van der Waals surface area (Å²) in [7, 11) is 2.34. The number of ether oxygens (including phenoxy) is 2. The summed E-state index contributed by atoms with van der Waals surface area (Å²) < 4.78 is 11.3. The molecule has 0 aromatic rings. The van der Waals surface area contributed by atoms with Gasteiger partial charge in [-0.15, -0.1) is 0 Å². The van der Waals surface area contributed by atoms with E-state index >= 15 is 0 Å². The van der Waals surface area contributed by atoms with E-state index in [0.29, 0.717) is 11.8 Å². The van der Waals surface area contributed by atoms with Crippen molar-refractivity contribution in [2.75, 3.05) is 13.6 Å². The number of rotatable bonds is 5. The number of likely N-dealkylation sites (tertiary alicyclic amines) is 1. The molecule has 1 spiro atoms. The highest BCUT2D eigenvalue weighted by atomic mass is 16.6. The normalized spacial score (nSPS) is 43.5. The summed E-state index contributed by atoms with van der Waals surface area (Å²) in [6, 6.07) is 0.735. The van der Waals surface area contributed by atoms with Crippen LogP contribution in [0.4, 0.5) is 0 Å². The quantitative estimate of drug-likeness (QED) is 0.366. The van der Waals surface area contributed by atoms with Gasteiger partial charge in [-0.05, 0) is 106 Å². The second kappa shape index (κ2) is 9.19. The Morgan fingerprint density at radius 3 is 2.57 bits per heavy atom. The molecule has 1 unspecified atom stereocenters. The first-order valence-corrected chi connectivity index (χ1v) is 14.3. The smallest absolute Gasteiger partial charge is 0.347 e. The number of carbonyl (C=O) groups is 2. The molecule has 3 saturated carbocycles. The minimum absolute atomic E-state index is 0.0984. The molecular weight excluding hydrogens is 438 g/mol. The SMILES string of the molecule is CC(=O)OC(CC(C)C)C(=O)O[C@H]1CC[C@@]2(C)C(=CC[C@H]3[C@@H]4CC[C@@H]5[C@H](C)N(C)C[C@@]54CC[C@@H]32)C1. The Hall–Kier alpha value is -1.36. The molecule has 0 radical (unpaired) electrons. The zero-order chi connectivity index (χ0) is 25.1. The third kappa shape index (κ3) is 4.18. The molecule has 5 heteroatoms. The maximum Gasteiger partial charge on any atom is 0.347 e. The van der Waals surface area contributed by atoms with Gasteiger partial charge in [0.25, 0.3) is 0 Å². The van der Waals surface area contributed by atoms with Crippen LogP contribution in [0.5, 0.6) is 0 Å². The van der Waals surface area contributed by atoms with Gasteiger partial charge in [0.2, 0.25) is 0 Å². The van der Waals surface area contributed by atoms with Crippen LogP contribution in [-0.4, -0.2) is 48.7 Å². The Morgan fingerprint density at radius 2 is 1.86 bits per heavy atom. The van der Waals surface area contributed by atoms with Gasteiger partial charge in [0.1, 0.15) is 6.10 Å². The Labute approximate surface area is 212 Å². The molecule has 0 bridgehead atoms. The van der Waals surface area contributed by atoms with Crippen LogP contribution < -0.4 is 0 Å². The topological polar surface area (TPSA) is 55.8 Å². The predicted octanol–water partition coefficient (Wildman–Crippen LogP) is 5.77. The lowest BCUT2D eigenvalue weighted by molar-refractivity contribution is -0.173. The molecule has 1 heterocycles. The Kier molecular flexibility index (Phi) is 6.64. The summed E-state index contributed by atoms with van der Waals surface area (Å²) in [4.78, 5) is 27.1. The summed E-state index contributed by atoms with van der Waals surface area (Å²) in [6.07, 6.45) is 11.8. The van der Waals surface area contributed by atoms with Crippen molar-refractivity contribution in [2.45, 2.75) is 111 Å². The molecule has 5 aliphatic rings. The van der Waals surface area contributed by atoms with Crippen molar-refractivity contribution < 1.29 is 19.1 Å². The molecule has 0 aromatic carbocycles. The molecule has 4 fully saturated rings. The summed E-state index contributed by atoms with van der Waals surface area (Å²) in [5, 5.41) is 0. The number of nitrogens with zero attached hydrogens (tertiary/aromatic N) is 1. The van der Waals surface area contributed by atoms with Gasteiger partial charge < -0.3 is 14.4 Å². The largest absolute Gasteiger partial charge is 0.459 e. The highest BCUT2D eigenvalue weighted by molar-refractivity contribution is 5.78. The third-order valence-electron chi connectivity index (χ3n) is 11.2. The van der Waals surface area contributed by atoms with Gasteiger partial charge in [-0.2, -0.15) is 0 Å². The molecule has 0 amide bonds. The fourth-order valence-corrected chi connectivity index (χ4v) is 9.59. The van der Waals surface area contributed by atoms with Crippen molar-refractivity contribution in [3.05, 3.63) is 11.6 Å². The van der Waals surface area contributed by atoms with E-state index in [1.54, 1.807) is 0 Å². The van der Waals surface area contributed by atoms with Crippen LogP contribution in [0.1, 0.15) is 92.4 Å². The van der Waals surface area contributed by atoms with Crippen LogP contribution in [0.25, 0.3) is 0 Å². The number of fused-ring (bicyclic) bond motifs is 4. The van der Waals surface area contributed by atoms with Crippen LogP contribution in [-0.2, 0) is 19.1 Å². The lowest BCUT2D eigenvalue weighted by Crippen LogP contribution is -2.52. The molecular formula is C30H47NO4. The first-order chi connectivity index (χ1) is 16.5. The summed E-state index contributed by atoms with van der Waals surface area (Å²) in [6.45, 7) is 11.7. The van der Waals surface area contributed by atoms with E-state index < -0.39 is 12.1 Å². The highest BCUT2D eigenvalue weighted by Crippen LogP contribution is 2.68. The average molecular weight is 486 g/mol. The molecule has 5 rings (SSSR count). The first kappa shape index (κ1) is 25.3. The number of allylic oxidation sites excluding steroid dienone is 1. The fourth-order valence-electron chi connectivity index (χ4n) is 9.59. The van der Waals surface area contributed by atoms with E-state index in [1.807, 2.05) is 13.8 Å². The average Bonchev–Trinajstić information content (AvgIpc) is 3.26. The number of esters is 2. The molecule has 5 nitrogen and oxygen atoms in total. The first-order valence-electron chi connectivity index (χ1n) is 14.3. The van der Waals surface area contributed by atoms with E-state index in [0.717, 1.165) is 49.0 Å². The minimum Gasteiger partial charge on any atom is -0.459 e. The van der Waals surface area contributed by atoms with Crippen LogP contribution in [0, 0.1) is 40.4 Å². The van der Waals surface area contributed by atoms with Gasteiger partial charge in [0.05, 0.1) is 0 Å². The lowest BCUT2D eigenvalue weighted by Gasteiger charge is -2.58. The van der Waals surface area contributed by atoms with Gasteiger partial charge in [-0.1, -0.05) is 32.4 Å². The van der Waals surface area contributed by atoms with Crippen molar-refractivity contribution in [1.82, 2.24) is 4.90 Å². The minimum atomic E-state index is -0.790. The van der Waals surface area contributed by atoms with Crippen LogP contribution in [0.3, 0.4) is 0 Å². The van der Waals surface area contributed by atoms with Crippen LogP contribution >= 0.6 is 0 Å². The van der Waals surface area contributed by atoms with Gasteiger partial charge in [-0.25, -0.2) is 4.79 Å². The maximum atomic E-state index is 12.9. The molecule has 196 valence electrons. The summed E-state index contributed by atoms with van der Waals surface area (Å²) in [5.74, 6) is 2.83. The van der Waals surface area contributed by atoms with Crippen molar-refractivity contribution >= 4 is 11.9 Å². The summed E-state index contributed by atoms with van der Waals surface area (Å²) in [5.41, 5.74) is 2.33. The van der Waals surface area contributed by atoms with Crippen molar-refractivity contribution in [2.24, 2.45) is 40.4 Å². The molecule has 9 atom stereocenters. The van der Waals surface area contributed by atoms with Crippen LogP contribution in [0.2, 0.25) is 0 Å². The Bertz CT molecular complexity index is 882. The highest BCUT2D eigenvalue weighted by Gasteiger charge is 2.64. The number of hydrogen-bond donors (Lipinski definition) is 0. The van der Waals surface area contributed by atoms with Gasteiger partial charge in [0.15, 0.2) is 6.10 Å². The second-order valence-electron chi connectivity index (χ2n) is 13.4. The van der Waals surface area contributed by atoms with Gasteiger partial charge in [-0.3, -0.25) is 4.79 Å². The molecule has 1 aliphatic heterocycles. The van der Waals surface area contributed by atoms with E-state index in [9.17, 15) is 9.59 Å².